The van der Waals surface area contributed by atoms with Crippen molar-refractivity contribution in [1.29, 1.82) is 0 Å². The first-order valence-electron chi connectivity index (χ1n) is 4.06. The lowest BCUT2D eigenvalue weighted by Crippen LogP contribution is -2.21. The summed E-state index contributed by atoms with van der Waals surface area (Å²) in [6.07, 6.45) is 0.783. The summed E-state index contributed by atoms with van der Waals surface area (Å²) >= 11 is 3.14. The molecule has 0 aliphatic carbocycles. The van der Waals surface area contributed by atoms with E-state index < -0.39 is 0 Å². The second-order valence-corrected chi connectivity index (χ2v) is 3.82. The van der Waals surface area contributed by atoms with Crippen molar-refractivity contribution in [3.8, 4) is 5.75 Å². The fourth-order valence-corrected chi connectivity index (χ4v) is 1.90. The van der Waals surface area contributed by atoms with E-state index in [2.05, 4.69) is 15.9 Å². The second kappa shape index (κ2) is 3.27. The van der Waals surface area contributed by atoms with Crippen LogP contribution in [-0.4, -0.2) is 6.61 Å². The molecule has 1 aromatic carbocycles. The number of hydrogen-bond donors (Lipinski definition) is 1. The van der Waals surface area contributed by atoms with E-state index in [-0.39, 0.29) is 11.9 Å². The van der Waals surface area contributed by atoms with E-state index in [1.807, 2.05) is 0 Å². The number of benzene rings is 1. The molecule has 0 amide bonds. The molecule has 0 radical (unpaired) electrons. The molecule has 2 N–H and O–H groups in total. The standard InChI is InChI=1S/C9H9BrFNO/c10-8-6(11)2-1-5-7(12)3-4-13-9(5)8/h1-2,7H,3-4,12H2/t7-/m1/s1. The highest BCUT2D eigenvalue weighted by atomic mass is 79.9. The van der Waals surface area contributed by atoms with E-state index in [1.165, 1.54) is 6.07 Å². The molecule has 0 bridgehead atoms. The number of ether oxygens (including phenoxy) is 1. The maximum absolute atomic E-state index is 13.1. The zero-order chi connectivity index (χ0) is 9.42. The molecule has 1 atom stereocenters. The number of halogens is 2. The van der Waals surface area contributed by atoms with Crippen LogP contribution in [-0.2, 0) is 0 Å². The predicted molar refractivity (Wildman–Crippen MR) is 51.1 cm³/mol. The van der Waals surface area contributed by atoms with Gasteiger partial charge in [0.1, 0.15) is 11.6 Å². The lowest BCUT2D eigenvalue weighted by molar-refractivity contribution is 0.265. The number of fused-ring (bicyclic) bond motifs is 1. The number of hydrogen-bond acceptors (Lipinski definition) is 2. The van der Waals surface area contributed by atoms with Gasteiger partial charge in [0.25, 0.3) is 0 Å². The van der Waals surface area contributed by atoms with E-state index >= 15 is 0 Å². The van der Waals surface area contributed by atoms with Crippen molar-refractivity contribution in [1.82, 2.24) is 0 Å². The third-order valence-corrected chi connectivity index (χ3v) is 2.89. The van der Waals surface area contributed by atoms with Gasteiger partial charge in [-0.2, -0.15) is 0 Å². The average Bonchev–Trinajstić information content (AvgIpc) is 2.12. The van der Waals surface area contributed by atoms with Crippen LogP contribution in [0.4, 0.5) is 4.39 Å². The van der Waals surface area contributed by atoms with Gasteiger partial charge in [-0.1, -0.05) is 6.07 Å². The van der Waals surface area contributed by atoms with Gasteiger partial charge in [0, 0.05) is 18.0 Å². The summed E-state index contributed by atoms with van der Waals surface area (Å²) < 4.78 is 18.8. The Balaban J connectivity index is 2.56. The fourth-order valence-electron chi connectivity index (χ4n) is 1.43. The van der Waals surface area contributed by atoms with Crippen LogP contribution < -0.4 is 10.5 Å². The highest BCUT2D eigenvalue weighted by molar-refractivity contribution is 9.10. The van der Waals surface area contributed by atoms with E-state index in [4.69, 9.17) is 10.5 Å². The van der Waals surface area contributed by atoms with Crippen LogP contribution in [0.2, 0.25) is 0 Å². The van der Waals surface area contributed by atoms with E-state index in [0.29, 0.717) is 16.8 Å². The van der Waals surface area contributed by atoms with Crippen LogP contribution in [0.5, 0.6) is 5.75 Å². The Labute approximate surface area is 84.0 Å². The summed E-state index contributed by atoms with van der Waals surface area (Å²) in [5.74, 6) is 0.242. The van der Waals surface area contributed by atoms with Crippen LogP contribution in [0.1, 0.15) is 18.0 Å². The van der Waals surface area contributed by atoms with Crippen molar-refractivity contribution in [3.05, 3.63) is 28.0 Å². The van der Waals surface area contributed by atoms with Crippen molar-refractivity contribution in [2.75, 3.05) is 6.61 Å². The van der Waals surface area contributed by atoms with Gasteiger partial charge in [-0.15, -0.1) is 0 Å². The SMILES string of the molecule is N[C@@H]1CCOc2c1ccc(F)c2Br. The molecule has 1 aromatic rings. The van der Waals surface area contributed by atoms with Crippen molar-refractivity contribution in [2.24, 2.45) is 5.73 Å². The third-order valence-electron chi connectivity index (χ3n) is 2.16. The summed E-state index contributed by atoms with van der Waals surface area (Å²) in [5, 5.41) is 0. The Morgan fingerprint density at radius 2 is 2.31 bits per heavy atom. The molecule has 4 heteroatoms. The summed E-state index contributed by atoms with van der Waals surface area (Å²) in [6, 6.07) is 3.04. The zero-order valence-electron chi connectivity index (χ0n) is 6.89. The molecule has 1 aliphatic heterocycles. The van der Waals surface area contributed by atoms with Crippen LogP contribution in [0.15, 0.2) is 16.6 Å². The van der Waals surface area contributed by atoms with E-state index in [9.17, 15) is 4.39 Å². The molecule has 0 unspecified atom stereocenters. The lowest BCUT2D eigenvalue weighted by atomic mass is 10.0. The first-order valence-corrected chi connectivity index (χ1v) is 4.85. The second-order valence-electron chi connectivity index (χ2n) is 3.02. The van der Waals surface area contributed by atoms with Crippen molar-refractivity contribution in [3.63, 3.8) is 0 Å². The number of nitrogens with two attached hydrogens (primary N) is 1. The van der Waals surface area contributed by atoms with Gasteiger partial charge in [-0.3, -0.25) is 0 Å². The summed E-state index contributed by atoms with van der Waals surface area (Å²) in [6.45, 7) is 0.552. The third kappa shape index (κ3) is 1.44. The van der Waals surface area contributed by atoms with Gasteiger partial charge >= 0.3 is 0 Å². The van der Waals surface area contributed by atoms with Crippen LogP contribution in [0.3, 0.4) is 0 Å². The minimum Gasteiger partial charge on any atom is -0.492 e. The first kappa shape index (κ1) is 8.97. The molecule has 1 heterocycles. The van der Waals surface area contributed by atoms with Gasteiger partial charge in [0.05, 0.1) is 11.1 Å². The molecule has 1 aliphatic rings. The van der Waals surface area contributed by atoms with Crippen molar-refractivity contribution < 1.29 is 9.13 Å². The minimum absolute atomic E-state index is 0.0411. The smallest absolute Gasteiger partial charge is 0.141 e. The molecular weight excluding hydrogens is 237 g/mol. The Morgan fingerprint density at radius 1 is 1.54 bits per heavy atom. The largest absolute Gasteiger partial charge is 0.492 e. The van der Waals surface area contributed by atoms with Gasteiger partial charge < -0.3 is 10.5 Å². The maximum Gasteiger partial charge on any atom is 0.141 e. The lowest BCUT2D eigenvalue weighted by Gasteiger charge is -2.23. The molecule has 70 valence electrons. The molecule has 2 rings (SSSR count). The average molecular weight is 246 g/mol. The molecule has 0 spiro atoms. The first-order chi connectivity index (χ1) is 6.20. The summed E-state index contributed by atoms with van der Waals surface area (Å²) in [4.78, 5) is 0. The van der Waals surface area contributed by atoms with E-state index in [0.717, 1.165) is 12.0 Å². The Bertz CT molecular complexity index is 343. The van der Waals surface area contributed by atoms with E-state index in [1.54, 1.807) is 6.07 Å². The monoisotopic (exact) mass is 245 g/mol. The maximum atomic E-state index is 13.1. The predicted octanol–water partition coefficient (Wildman–Crippen LogP) is 2.37. The molecule has 0 fully saturated rings. The Kier molecular flexibility index (Phi) is 2.26. The van der Waals surface area contributed by atoms with Gasteiger partial charge in [-0.25, -0.2) is 4.39 Å². The quantitative estimate of drug-likeness (QED) is 0.762. The fraction of sp³-hybridized carbons (Fsp3) is 0.333. The van der Waals surface area contributed by atoms with Crippen LogP contribution in [0, 0.1) is 5.82 Å². The molecule has 0 aromatic heterocycles. The van der Waals surface area contributed by atoms with Crippen molar-refractivity contribution >= 4 is 15.9 Å². The number of rotatable bonds is 0. The highest BCUT2D eigenvalue weighted by Crippen LogP contribution is 2.38. The zero-order valence-corrected chi connectivity index (χ0v) is 8.47. The Hall–Kier alpha value is -0.610. The van der Waals surface area contributed by atoms with Crippen molar-refractivity contribution in [2.45, 2.75) is 12.5 Å². The van der Waals surface area contributed by atoms with Gasteiger partial charge in [0.2, 0.25) is 0 Å². The molecule has 13 heavy (non-hydrogen) atoms. The molecule has 0 saturated heterocycles. The normalized spacial score (nSPS) is 20.7. The highest BCUT2D eigenvalue weighted by Gasteiger charge is 2.21. The topological polar surface area (TPSA) is 35.2 Å². The van der Waals surface area contributed by atoms with Crippen LogP contribution >= 0.6 is 15.9 Å². The summed E-state index contributed by atoms with van der Waals surface area (Å²) in [7, 11) is 0. The molecular formula is C9H9BrFNO. The Morgan fingerprint density at radius 3 is 3.08 bits per heavy atom. The molecule has 2 nitrogen and oxygen atoms in total. The summed E-state index contributed by atoms with van der Waals surface area (Å²) in [5.41, 5.74) is 6.72. The minimum atomic E-state index is -0.312. The van der Waals surface area contributed by atoms with Gasteiger partial charge in [0.15, 0.2) is 0 Å². The molecule has 0 saturated carbocycles. The van der Waals surface area contributed by atoms with Crippen LogP contribution in [0.25, 0.3) is 0 Å². The van der Waals surface area contributed by atoms with Gasteiger partial charge in [-0.05, 0) is 22.0 Å².